The van der Waals surface area contributed by atoms with Gasteiger partial charge in [-0.1, -0.05) is 6.58 Å². The van der Waals surface area contributed by atoms with Crippen molar-refractivity contribution in [3.05, 3.63) is 25.2 Å². The molecular weight excluding hydrogens is 182 g/mol. The van der Waals surface area contributed by atoms with Crippen molar-refractivity contribution >= 4 is 17.1 Å². The molecule has 0 aromatic carbocycles. The third kappa shape index (κ3) is 1.55. The van der Waals surface area contributed by atoms with Crippen LogP contribution in [-0.2, 0) is 0 Å². The summed E-state index contributed by atoms with van der Waals surface area (Å²) in [6.07, 6.45) is 3.62. The Hall–Kier alpha value is -1.95. The Balaban J connectivity index is 2.29. The maximum Gasteiger partial charge on any atom is 0.227 e. The predicted octanol–water partition coefficient (Wildman–Crippen LogP) is 0.269. The summed E-state index contributed by atoms with van der Waals surface area (Å²) in [5.74, 6) is 0.317. The predicted molar refractivity (Wildman–Crippen MR) is 51.5 cm³/mol. The second-order valence-corrected chi connectivity index (χ2v) is 2.66. The van der Waals surface area contributed by atoms with Crippen LogP contribution in [0.2, 0.25) is 0 Å². The van der Waals surface area contributed by atoms with Gasteiger partial charge in [0.05, 0.1) is 12.5 Å². The maximum absolute atomic E-state index is 9.20. The molecule has 1 atom stereocenters. The lowest BCUT2D eigenvalue weighted by Crippen LogP contribution is -2.16. The fourth-order valence-corrected chi connectivity index (χ4v) is 0.997. The van der Waals surface area contributed by atoms with Crippen molar-refractivity contribution in [3.63, 3.8) is 0 Å². The molecule has 0 saturated carbocycles. The Morgan fingerprint density at radius 1 is 1.57 bits per heavy atom. The lowest BCUT2D eigenvalue weighted by atomic mass is 10.5. The summed E-state index contributed by atoms with van der Waals surface area (Å²) in [6, 6.07) is 0. The van der Waals surface area contributed by atoms with Crippen LogP contribution in [0.4, 0.5) is 5.95 Å². The number of nitrogens with one attached hydrogen (secondary N) is 2. The van der Waals surface area contributed by atoms with E-state index in [1.54, 1.807) is 6.20 Å². The lowest BCUT2D eigenvalue weighted by molar-refractivity contribution is 0.251. The van der Waals surface area contributed by atoms with Gasteiger partial charge in [0.25, 0.3) is 0 Å². The van der Waals surface area contributed by atoms with Gasteiger partial charge >= 0.3 is 0 Å². The van der Waals surface area contributed by atoms with E-state index in [1.165, 1.54) is 12.4 Å². The van der Waals surface area contributed by atoms with Crippen molar-refractivity contribution in [1.82, 2.24) is 19.9 Å². The highest BCUT2D eigenvalue weighted by atomic mass is 16.3. The average molecular weight is 191 g/mol. The van der Waals surface area contributed by atoms with Gasteiger partial charge in [0.1, 0.15) is 11.7 Å². The Morgan fingerprint density at radius 3 is 3.21 bits per heavy atom. The van der Waals surface area contributed by atoms with Crippen LogP contribution in [0.1, 0.15) is 0 Å². The van der Waals surface area contributed by atoms with E-state index in [0.29, 0.717) is 11.6 Å². The van der Waals surface area contributed by atoms with Crippen LogP contribution < -0.4 is 5.32 Å². The maximum atomic E-state index is 9.20. The first-order valence-electron chi connectivity index (χ1n) is 4.03. The standard InChI is InChI=1S/C8H9N5O/c1-2-6(14)12-8-9-3-5-7(13-8)11-4-10-5/h2-4,6,14H,1H2,(H2,9,10,11,12,13). The highest BCUT2D eigenvalue weighted by molar-refractivity contribution is 5.69. The minimum atomic E-state index is -0.855. The molecule has 0 amide bonds. The topological polar surface area (TPSA) is 86.7 Å². The fraction of sp³-hybridized carbons (Fsp3) is 0.125. The van der Waals surface area contributed by atoms with Crippen LogP contribution in [0.5, 0.6) is 0 Å². The molecule has 14 heavy (non-hydrogen) atoms. The van der Waals surface area contributed by atoms with Crippen molar-refractivity contribution < 1.29 is 5.11 Å². The summed E-state index contributed by atoms with van der Waals surface area (Å²) < 4.78 is 0. The number of anilines is 1. The molecule has 1 unspecified atom stereocenters. The van der Waals surface area contributed by atoms with Crippen LogP contribution in [0.25, 0.3) is 11.2 Å². The quantitative estimate of drug-likeness (QED) is 0.479. The van der Waals surface area contributed by atoms with E-state index in [2.05, 4.69) is 31.8 Å². The van der Waals surface area contributed by atoms with Gasteiger partial charge in [-0.15, -0.1) is 0 Å². The Bertz CT molecular complexity index is 452. The molecule has 0 aliphatic rings. The molecule has 6 nitrogen and oxygen atoms in total. The van der Waals surface area contributed by atoms with Gasteiger partial charge in [-0.25, -0.2) is 9.97 Å². The van der Waals surface area contributed by atoms with Crippen LogP contribution in [0.3, 0.4) is 0 Å². The van der Waals surface area contributed by atoms with E-state index in [9.17, 15) is 5.11 Å². The van der Waals surface area contributed by atoms with Crippen molar-refractivity contribution in [3.8, 4) is 0 Å². The van der Waals surface area contributed by atoms with E-state index in [-0.39, 0.29) is 0 Å². The first-order chi connectivity index (χ1) is 6.79. The molecular formula is C8H9N5O. The number of hydrogen-bond acceptors (Lipinski definition) is 5. The molecule has 2 heterocycles. The first-order valence-corrected chi connectivity index (χ1v) is 4.03. The van der Waals surface area contributed by atoms with Crippen molar-refractivity contribution in [2.75, 3.05) is 5.32 Å². The summed E-state index contributed by atoms with van der Waals surface area (Å²) >= 11 is 0. The van der Waals surface area contributed by atoms with Crippen LogP contribution >= 0.6 is 0 Å². The van der Waals surface area contributed by atoms with Gasteiger partial charge < -0.3 is 15.4 Å². The number of H-pyrrole nitrogens is 1. The minimum Gasteiger partial charge on any atom is -0.370 e. The number of aliphatic hydroxyl groups excluding tert-OH is 1. The van der Waals surface area contributed by atoms with Gasteiger partial charge in [-0.3, -0.25) is 0 Å². The van der Waals surface area contributed by atoms with Crippen molar-refractivity contribution in [2.24, 2.45) is 0 Å². The highest BCUT2D eigenvalue weighted by Gasteiger charge is 2.03. The zero-order chi connectivity index (χ0) is 9.97. The summed E-state index contributed by atoms with van der Waals surface area (Å²) in [5.41, 5.74) is 1.31. The number of fused-ring (bicyclic) bond motifs is 1. The molecule has 0 bridgehead atoms. The number of rotatable bonds is 3. The number of hydrogen-bond donors (Lipinski definition) is 3. The van der Waals surface area contributed by atoms with Gasteiger partial charge in [0.2, 0.25) is 5.95 Å². The second kappa shape index (κ2) is 3.43. The highest BCUT2D eigenvalue weighted by Crippen LogP contribution is 2.07. The largest absolute Gasteiger partial charge is 0.370 e. The average Bonchev–Trinajstić information content (AvgIpc) is 2.64. The zero-order valence-electron chi connectivity index (χ0n) is 7.31. The van der Waals surface area contributed by atoms with Crippen molar-refractivity contribution in [2.45, 2.75) is 6.23 Å². The molecule has 0 radical (unpaired) electrons. The summed E-state index contributed by atoms with van der Waals surface area (Å²) in [7, 11) is 0. The van der Waals surface area contributed by atoms with Crippen LogP contribution in [-0.4, -0.2) is 31.3 Å². The Morgan fingerprint density at radius 2 is 2.43 bits per heavy atom. The third-order valence-electron chi connectivity index (χ3n) is 1.68. The zero-order valence-corrected chi connectivity index (χ0v) is 7.31. The smallest absolute Gasteiger partial charge is 0.227 e. The SMILES string of the molecule is C=CC(O)Nc1ncc2[nH]cnc2n1. The number of aromatic amines is 1. The molecule has 3 N–H and O–H groups in total. The first kappa shape index (κ1) is 8.64. The van der Waals surface area contributed by atoms with Gasteiger partial charge in [0.15, 0.2) is 5.65 Å². The monoisotopic (exact) mass is 191 g/mol. The summed E-state index contributed by atoms with van der Waals surface area (Å²) in [6.45, 7) is 3.42. The van der Waals surface area contributed by atoms with Crippen molar-refractivity contribution in [1.29, 1.82) is 0 Å². The summed E-state index contributed by atoms with van der Waals surface area (Å²) in [5, 5.41) is 11.8. The van der Waals surface area contributed by atoms with E-state index in [4.69, 9.17) is 0 Å². The summed E-state index contributed by atoms with van der Waals surface area (Å²) in [4.78, 5) is 14.8. The molecule has 0 spiro atoms. The van der Waals surface area contributed by atoms with Gasteiger partial charge in [-0.2, -0.15) is 4.98 Å². The van der Waals surface area contributed by atoms with Crippen LogP contribution in [0.15, 0.2) is 25.2 Å². The number of imidazole rings is 1. The van der Waals surface area contributed by atoms with Crippen LogP contribution in [0, 0.1) is 0 Å². The normalized spacial score (nSPS) is 12.6. The molecule has 2 aromatic heterocycles. The van der Waals surface area contributed by atoms with E-state index < -0.39 is 6.23 Å². The van der Waals surface area contributed by atoms with E-state index >= 15 is 0 Å². The molecule has 72 valence electrons. The Labute approximate surface area is 79.7 Å². The van der Waals surface area contributed by atoms with E-state index in [0.717, 1.165) is 5.52 Å². The molecule has 2 rings (SSSR count). The number of aromatic nitrogens is 4. The van der Waals surface area contributed by atoms with Gasteiger partial charge in [0, 0.05) is 0 Å². The lowest BCUT2D eigenvalue weighted by Gasteiger charge is -2.06. The molecule has 0 aliphatic heterocycles. The van der Waals surface area contributed by atoms with Gasteiger partial charge in [-0.05, 0) is 6.08 Å². The second-order valence-electron chi connectivity index (χ2n) is 2.66. The van der Waals surface area contributed by atoms with E-state index in [1.807, 2.05) is 0 Å². The number of nitrogens with zero attached hydrogens (tertiary/aromatic N) is 3. The fourth-order valence-electron chi connectivity index (χ4n) is 0.997. The molecule has 0 aliphatic carbocycles. The Kier molecular flexibility index (Phi) is 2.11. The minimum absolute atomic E-state index is 0.317. The third-order valence-corrected chi connectivity index (χ3v) is 1.68. The molecule has 0 saturated heterocycles. The molecule has 2 aromatic rings. The molecule has 0 fully saturated rings. The number of aliphatic hydroxyl groups is 1. The molecule has 6 heteroatoms.